The second-order valence-corrected chi connectivity index (χ2v) is 3.42. The van der Waals surface area contributed by atoms with E-state index in [1.165, 1.54) is 0 Å². The first-order chi connectivity index (χ1) is 6.61. The quantitative estimate of drug-likeness (QED) is 0.587. The third-order valence-electron chi connectivity index (χ3n) is 2.37. The van der Waals surface area contributed by atoms with Gasteiger partial charge in [0.1, 0.15) is 5.82 Å². The lowest BCUT2D eigenvalue weighted by molar-refractivity contribution is -0.132. The van der Waals surface area contributed by atoms with Crippen LogP contribution in [-0.4, -0.2) is 46.9 Å². The van der Waals surface area contributed by atoms with Crippen molar-refractivity contribution in [3.05, 3.63) is 11.4 Å². The summed E-state index contributed by atoms with van der Waals surface area (Å²) >= 11 is 0. The van der Waals surface area contributed by atoms with Gasteiger partial charge in [-0.1, -0.05) is 0 Å². The maximum atomic E-state index is 10.9. The molecule has 14 heavy (non-hydrogen) atoms. The van der Waals surface area contributed by atoms with Gasteiger partial charge in [-0.25, -0.2) is 9.80 Å². The minimum Gasteiger partial charge on any atom is -0.478 e. The summed E-state index contributed by atoms with van der Waals surface area (Å²) in [5.74, 6) is -0.318. The number of carboxylic acid groups (broad SMARTS) is 1. The molecule has 0 radical (unpaired) electrons. The molecule has 0 aromatic rings. The van der Waals surface area contributed by atoms with E-state index < -0.39 is 5.97 Å². The third kappa shape index (κ3) is 1.15. The molecule has 0 aromatic carbocycles. The number of nitrogens with one attached hydrogen (secondary N) is 1. The predicted octanol–water partition coefficient (Wildman–Crippen LogP) is -0.577. The molecular weight excluding hydrogens is 184 g/mol. The summed E-state index contributed by atoms with van der Waals surface area (Å²) < 4.78 is 0. The lowest BCUT2D eigenvalue weighted by Gasteiger charge is -2.34. The van der Waals surface area contributed by atoms with E-state index in [9.17, 15) is 4.79 Å². The molecule has 76 valence electrons. The number of fused-ring (bicyclic) bond motifs is 1. The van der Waals surface area contributed by atoms with Gasteiger partial charge in [0.2, 0.25) is 0 Å². The summed E-state index contributed by atoms with van der Waals surface area (Å²) in [4.78, 5) is 10.9. The lowest BCUT2D eigenvalue weighted by atomic mass is 10.2. The minimum absolute atomic E-state index is 0.0908. The van der Waals surface area contributed by atoms with Crippen LogP contribution in [0.5, 0.6) is 0 Å². The van der Waals surface area contributed by atoms with Crippen LogP contribution >= 0.6 is 0 Å². The Morgan fingerprint density at radius 3 is 3.14 bits per heavy atom. The van der Waals surface area contributed by atoms with Gasteiger partial charge in [0, 0.05) is 13.3 Å². The first-order valence-corrected chi connectivity index (χ1v) is 4.37. The van der Waals surface area contributed by atoms with Gasteiger partial charge in [-0.15, -0.1) is 0 Å². The molecule has 0 fully saturated rings. The van der Waals surface area contributed by atoms with Crippen LogP contribution in [-0.2, 0) is 4.79 Å². The van der Waals surface area contributed by atoms with Gasteiger partial charge in [0.15, 0.2) is 0 Å². The highest BCUT2D eigenvalue weighted by Gasteiger charge is 2.35. The smallest absolute Gasteiger partial charge is 0.336 e. The van der Waals surface area contributed by atoms with Crippen molar-refractivity contribution in [1.82, 2.24) is 15.4 Å². The maximum Gasteiger partial charge on any atom is 0.336 e. The third-order valence-corrected chi connectivity index (χ3v) is 2.37. The minimum atomic E-state index is -0.897. The lowest BCUT2D eigenvalue weighted by Crippen LogP contribution is -2.46. The Labute approximate surface area is 81.5 Å². The highest BCUT2D eigenvalue weighted by atomic mass is 16.4. The van der Waals surface area contributed by atoms with Crippen molar-refractivity contribution < 1.29 is 9.90 Å². The molecule has 0 amide bonds. The van der Waals surface area contributed by atoms with Crippen molar-refractivity contribution in [1.29, 1.82) is 0 Å². The summed E-state index contributed by atoms with van der Waals surface area (Å²) in [5, 5.41) is 16.6. The van der Waals surface area contributed by atoms with Gasteiger partial charge in [-0.05, 0) is 6.92 Å². The van der Waals surface area contributed by atoms with E-state index in [1.54, 1.807) is 6.21 Å². The van der Waals surface area contributed by atoms with Crippen molar-refractivity contribution >= 4 is 12.2 Å². The van der Waals surface area contributed by atoms with E-state index in [1.807, 2.05) is 24.0 Å². The number of hydrazone groups is 1. The van der Waals surface area contributed by atoms with Gasteiger partial charge in [-0.3, -0.25) is 10.4 Å². The van der Waals surface area contributed by atoms with E-state index in [0.29, 0.717) is 17.9 Å². The number of hydrazine groups is 1. The summed E-state index contributed by atoms with van der Waals surface area (Å²) in [6, 6.07) is 0.0908. The zero-order valence-corrected chi connectivity index (χ0v) is 8.06. The van der Waals surface area contributed by atoms with Crippen LogP contribution in [0, 0.1) is 0 Å². The van der Waals surface area contributed by atoms with Crippen LogP contribution in [0.3, 0.4) is 0 Å². The maximum absolute atomic E-state index is 10.9. The van der Waals surface area contributed by atoms with Gasteiger partial charge in [0.25, 0.3) is 0 Å². The van der Waals surface area contributed by atoms with Crippen molar-refractivity contribution in [2.45, 2.75) is 13.0 Å². The molecule has 0 aliphatic carbocycles. The molecular formula is C8H12N4O2. The number of aliphatic carboxylic acids is 1. The fraction of sp³-hybridized carbons (Fsp3) is 0.500. The largest absolute Gasteiger partial charge is 0.478 e. The fourth-order valence-corrected chi connectivity index (χ4v) is 1.76. The Bertz CT molecular complexity index is 336. The molecule has 0 aromatic heterocycles. The first kappa shape index (κ1) is 9.01. The molecule has 0 saturated carbocycles. The normalized spacial score (nSPS) is 26.4. The molecule has 2 aliphatic heterocycles. The first-order valence-electron chi connectivity index (χ1n) is 4.37. The van der Waals surface area contributed by atoms with Crippen molar-refractivity contribution in [2.75, 3.05) is 13.6 Å². The molecule has 0 spiro atoms. The van der Waals surface area contributed by atoms with Crippen LogP contribution in [0.15, 0.2) is 16.5 Å². The molecule has 2 rings (SSSR count). The SMILES string of the molecule is CC1C=NNC2=C(C(=O)O)CN(C)N21. The van der Waals surface area contributed by atoms with Gasteiger partial charge >= 0.3 is 5.97 Å². The van der Waals surface area contributed by atoms with Crippen molar-refractivity contribution in [3.63, 3.8) is 0 Å². The predicted molar refractivity (Wildman–Crippen MR) is 50.2 cm³/mol. The molecule has 0 bridgehead atoms. The Kier molecular flexibility index (Phi) is 1.92. The van der Waals surface area contributed by atoms with E-state index in [0.717, 1.165) is 0 Å². The topological polar surface area (TPSA) is 68.2 Å². The Hall–Kier alpha value is -1.56. The standard InChI is InChI=1S/C8H12N4O2/c1-5-3-9-10-7-6(8(13)14)4-11(2)12(5)7/h3,5,10H,4H2,1-2H3,(H,13,14). The number of hydrogen-bond acceptors (Lipinski definition) is 5. The molecule has 2 heterocycles. The zero-order chi connectivity index (χ0) is 10.3. The molecule has 2 aliphatic rings. The van der Waals surface area contributed by atoms with E-state index in [2.05, 4.69) is 10.5 Å². The Morgan fingerprint density at radius 2 is 2.50 bits per heavy atom. The number of carbonyl (C=O) groups is 1. The highest BCUT2D eigenvalue weighted by Crippen LogP contribution is 2.23. The highest BCUT2D eigenvalue weighted by molar-refractivity contribution is 5.88. The van der Waals surface area contributed by atoms with E-state index >= 15 is 0 Å². The molecule has 1 unspecified atom stereocenters. The number of hydrogen-bond donors (Lipinski definition) is 2. The molecule has 1 atom stereocenters. The average Bonchev–Trinajstić information content (AvgIpc) is 2.45. The second kappa shape index (κ2) is 2.98. The van der Waals surface area contributed by atoms with Crippen LogP contribution in [0.25, 0.3) is 0 Å². The van der Waals surface area contributed by atoms with Crippen LogP contribution < -0.4 is 5.43 Å². The summed E-state index contributed by atoms with van der Waals surface area (Å²) in [5.41, 5.74) is 3.08. The van der Waals surface area contributed by atoms with Crippen LogP contribution in [0.2, 0.25) is 0 Å². The van der Waals surface area contributed by atoms with E-state index in [-0.39, 0.29) is 6.04 Å². The van der Waals surface area contributed by atoms with Gasteiger partial charge < -0.3 is 5.11 Å². The number of likely N-dealkylation sites (N-methyl/N-ethyl adjacent to an activating group) is 1. The summed E-state index contributed by atoms with van der Waals surface area (Å²) in [6.07, 6.45) is 1.74. The second-order valence-electron chi connectivity index (χ2n) is 3.42. The fourth-order valence-electron chi connectivity index (χ4n) is 1.76. The van der Waals surface area contributed by atoms with Crippen molar-refractivity contribution in [2.24, 2.45) is 5.10 Å². The van der Waals surface area contributed by atoms with E-state index in [4.69, 9.17) is 5.11 Å². The van der Waals surface area contributed by atoms with Gasteiger partial charge in [-0.2, -0.15) is 5.10 Å². The zero-order valence-electron chi connectivity index (χ0n) is 8.06. The summed E-state index contributed by atoms with van der Waals surface area (Å²) in [7, 11) is 1.85. The molecule has 0 saturated heterocycles. The monoisotopic (exact) mass is 196 g/mol. The summed E-state index contributed by atoms with van der Waals surface area (Å²) in [6.45, 7) is 2.37. The number of carboxylic acids is 1. The Balaban J connectivity index is 2.39. The van der Waals surface area contributed by atoms with Crippen LogP contribution in [0.4, 0.5) is 0 Å². The molecule has 6 nitrogen and oxygen atoms in total. The van der Waals surface area contributed by atoms with Crippen LogP contribution in [0.1, 0.15) is 6.92 Å². The average molecular weight is 196 g/mol. The molecule has 2 N–H and O–H groups in total. The Morgan fingerprint density at radius 1 is 1.79 bits per heavy atom. The number of nitrogens with zero attached hydrogens (tertiary/aromatic N) is 3. The number of rotatable bonds is 1. The van der Waals surface area contributed by atoms with Crippen molar-refractivity contribution in [3.8, 4) is 0 Å². The molecule has 6 heteroatoms. The van der Waals surface area contributed by atoms with Gasteiger partial charge in [0.05, 0.1) is 18.2 Å².